The fraction of sp³-hybridized carbons (Fsp3) is 0.474. The second kappa shape index (κ2) is 7.35. The van der Waals surface area contributed by atoms with Crippen LogP contribution in [0.15, 0.2) is 23.2 Å². The van der Waals surface area contributed by atoms with Crippen molar-refractivity contribution in [1.82, 2.24) is 10.3 Å². The molecule has 0 aliphatic carbocycles. The molecule has 4 heteroatoms. The number of pyridine rings is 1. The topological polar surface area (TPSA) is 42.0 Å². The lowest BCUT2D eigenvalue weighted by atomic mass is 10.0. The quantitative estimate of drug-likeness (QED) is 0.826. The Morgan fingerprint density at radius 1 is 1.13 bits per heavy atom. The fourth-order valence-electron chi connectivity index (χ4n) is 2.49. The molecule has 23 heavy (non-hydrogen) atoms. The number of aromatic nitrogens is 1. The zero-order valence-electron chi connectivity index (χ0n) is 14.9. The van der Waals surface area contributed by atoms with Crippen LogP contribution in [0.2, 0.25) is 0 Å². The average Bonchev–Trinajstić information content (AvgIpc) is 2.46. The van der Waals surface area contributed by atoms with Gasteiger partial charge in [0.2, 0.25) is 5.91 Å². The minimum atomic E-state index is 0.0661. The largest absolute Gasteiger partial charge is 0.353 e. The summed E-state index contributed by atoms with van der Waals surface area (Å²) in [6.45, 7) is 12.6. The Balaban J connectivity index is 2.14. The van der Waals surface area contributed by atoms with Gasteiger partial charge in [0.1, 0.15) is 0 Å². The monoisotopic (exact) mass is 330 g/mol. The molecule has 1 atom stereocenters. The minimum absolute atomic E-state index is 0.0661. The van der Waals surface area contributed by atoms with Crippen molar-refractivity contribution < 1.29 is 4.79 Å². The van der Waals surface area contributed by atoms with Gasteiger partial charge < -0.3 is 5.32 Å². The molecule has 0 fully saturated rings. The molecule has 0 unspecified atom stereocenters. The summed E-state index contributed by atoms with van der Waals surface area (Å²) in [5, 5.41) is 5.14. The van der Waals surface area contributed by atoms with Gasteiger partial charge in [-0.3, -0.25) is 4.79 Å². The van der Waals surface area contributed by atoms with Crippen LogP contribution in [0.5, 0.6) is 0 Å². The SMILES string of the molecule is Cc1cc(C)c2nc(SCC(=O)N[C@@H](C)C(C)C)cc(C)c2c1. The predicted molar refractivity (Wildman–Crippen MR) is 99.1 cm³/mol. The van der Waals surface area contributed by atoms with E-state index in [0.29, 0.717) is 11.7 Å². The third-order valence-corrected chi connectivity index (χ3v) is 5.08. The molecule has 0 bridgehead atoms. The predicted octanol–water partition coefficient (Wildman–Crippen LogP) is 4.41. The van der Waals surface area contributed by atoms with Crippen LogP contribution < -0.4 is 5.32 Å². The summed E-state index contributed by atoms with van der Waals surface area (Å²) in [5.41, 5.74) is 4.68. The second-order valence-corrected chi connectivity index (χ2v) is 7.64. The zero-order chi connectivity index (χ0) is 17.1. The molecule has 1 aromatic heterocycles. The van der Waals surface area contributed by atoms with Gasteiger partial charge in [0.25, 0.3) is 0 Å². The van der Waals surface area contributed by atoms with Crippen LogP contribution in [-0.4, -0.2) is 22.7 Å². The van der Waals surface area contributed by atoms with E-state index in [9.17, 15) is 4.79 Å². The molecule has 2 aromatic rings. The summed E-state index contributed by atoms with van der Waals surface area (Å²) in [7, 11) is 0. The van der Waals surface area contributed by atoms with Gasteiger partial charge in [0, 0.05) is 11.4 Å². The Kier molecular flexibility index (Phi) is 5.69. The van der Waals surface area contributed by atoms with Crippen LogP contribution in [0.1, 0.15) is 37.5 Å². The van der Waals surface area contributed by atoms with E-state index in [-0.39, 0.29) is 11.9 Å². The highest BCUT2D eigenvalue weighted by Crippen LogP contribution is 2.26. The van der Waals surface area contributed by atoms with Crippen molar-refractivity contribution in [2.75, 3.05) is 5.75 Å². The third-order valence-electron chi connectivity index (χ3n) is 4.17. The van der Waals surface area contributed by atoms with Gasteiger partial charge in [-0.1, -0.05) is 37.2 Å². The van der Waals surface area contributed by atoms with Gasteiger partial charge in [0.15, 0.2) is 0 Å². The van der Waals surface area contributed by atoms with Crippen molar-refractivity contribution in [2.24, 2.45) is 5.92 Å². The lowest BCUT2D eigenvalue weighted by Crippen LogP contribution is -2.37. The van der Waals surface area contributed by atoms with Gasteiger partial charge in [-0.05, 0) is 56.9 Å². The van der Waals surface area contributed by atoms with Gasteiger partial charge in [-0.2, -0.15) is 0 Å². The van der Waals surface area contributed by atoms with Crippen molar-refractivity contribution in [3.05, 3.63) is 34.9 Å². The Bertz CT molecular complexity index is 725. The summed E-state index contributed by atoms with van der Waals surface area (Å²) in [4.78, 5) is 16.8. The summed E-state index contributed by atoms with van der Waals surface area (Å²) in [6, 6.07) is 6.60. The number of aryl methyl sites for hydroxylation is 3. The van der Waals surface area contributed by atoms with E-state index in [1.807, 2.05) is 6.92 Å². The van der Waals surface area contributed by atoms with E-state index >= 15 is 0 Å². The van der Waals surface area contributed by atoms with E-state index in [1.54, 1.807) is 0 Å². The molecule has 0 spiro atoms. The van der Waals surface area contributed by atoms with E-state index < -0.39 is 0 Å². The van der Waals surface area contributed by atoms with Crippen LogP contribution in [0.3, 0.4) is 0 Å². The number of rotatable bonds is 5. The molecule has 0 aliphatic rings. The first-order valence-electron chi connectivity index (χ1n) is 8.08. The van der Waals surface area contributed by atoms with E-state index in [0.717, 1.165) is 10.5 Å². The number of hydrogen-bond acceptors (Lipinski definition) is 3. The van der Waals surface area contributed by atoms with Gasteiger partial charge >= 0.3 is 0 Å². The van der Waals surface area contributed by atoms with E-state index in [1.165, 1.54) is 33.8 Å². The lowest BCUT2D eigenvalue weighted by molar-refractivity contribution is -0.119. The van der Waals surface area contributed by atoms with Crippen molar-refractivity contribution in [2.45, 2.75) is 52.6 Å². The van der Waals surface area contributed by atoms with Crippen molar-refractivity contribution in [1.29, 1.82) is 0 Å². The maximum Gasteiger partial charge on any atom is 0.230 e. The number of amides is 1. The van der Waals surface area contributed by atoms with Gasteiger partial charge in [-0.15, -0.1) is 0 Å². The van der Waals surface area contributed by atoms with Crippen molar-refractivity contribution >= 4 is 28.6 Å². The number of carbonyl (C=O) groups excluding carboxylic acids is 1. The van der Waals surface area contributed by atoms with Crippen LogP contribution in [0.25, 0.3) is 10.9 Å². The molecule has 1 heterocycles. The maximum absolute atomic E-state index is 12.0. The average molecular weight is 330 g/mol. The molecule has 0 saturated carbocycles. The lowest BCUT2D eigenvalue weighted by Gasteiger charge is -2.17. The molecular formula is C19H26N2OS. The number of hydrogen-bond donors (Lipinski definition) is 1. The zero-order valence-corrected chi connectivity index (χ0v) is 15.7. The van der Waals surface area contributed by atoms with Crippen LogP contribution in [-0.2, 0) is 4.79 Å². The highest BCUT2D eigenvalue weighted by Gasteiger charge is 2.12. The molecule has 0 aliphatic heterocycles. The maximum atomic E-state index is 12.0. The first-order valence-corrected chi connectivity index (χ1v) is 9.07. The first-order chi connectivity index (χ1) is 10.8. The normalized spacial score (nSPS) is 12.7. The summed E-state index contributed by atoms with van der Waals surface area (Å²) in [6.07, 6.45) is 0. The molecule has 2 rings (SSSR count). The Labute approximate surface area is 143 Å². The van der Waals surface area contributed by atoms with Crippen LogP contribution in [0, 0.1) is 26.7 Å². The van der Waals surface area contributed by atoms with E-state index in [4.69, 9.17) is 4.98 Å². The highest BCUT2D eigenvalue weighted by atomic mass is 32.2. The standard InChI is InChI=1S/C19H26N2OS/c1-11(2)15(6)20-17(22)10-23-18-9-13(4)16-8-12(3)7-14(5)19(16)21-18/h7-9,11,15H,10H2,1-6H3,(H,20,22)/t15-/m0/s1. The third kappa shape index (κ3) is 4.47. The van der Waals surface area contributed by atoms with Crippen molar-refractivity contribution in [3.8, 4) is 0 Å². The summed E-state index contributed by atoms with van der Waals surface area (Å²) in [5.74, 6) is 0.909. The fourth-order valence-corrected chi connectivity index (χ4v) is 3.27. The molecular weight excluding hydrogens is 304 g/mol. The van der Waals surface area contributed by atoms with Gasteiger partial charge in [0.05, 0.1) is 16.3 Å². The second-order valence-electron chi connectivity index (χ2n) is 6.64. The Morgan fingerprint density at radius 2 is 1.83 bits per heavy atom. The molecule has 1 N–H and O–H groups in total. The first kappa shape index (κ1) is 17.8. The minimum Gasteiger partial charge on any atom is -0.353 e. The number of carbonyl (C=O) groups is 1. The number of nitrogens with one attached hydrogen (secondary N) is 1. The molecule has 1 aromatic carbocycles. The van der Waals surface area contributed by atoms with Crippen molar-refractivity contribution in [3.63, 3.8) is 0 Å². The number of nitrogens with zero attached hydrogens (tertiary/aromatic N) is 1. The Morgan fingerprint density at radius 3 is 2.48 bits per heavy atom. The molecule has 0 radical (unpaired) electrons. The molecule has 124 valence electrons. The van der Waals surface area contributed by atoms with E-state index in [2.05, 4.69) is 58.1 Å². The van der Waals surface area contributed by atoms with Crippen LogP contribution in [0.4, 0.5) is 0 Å². The number of benzene rings is 1. The molecule has 0 saturated heterocycles. The highest BCUT2D eigenvalue weighted by molar-refractivity contribution is 7.99. The molecule has 3 nitrogen and oxygen atoms in total. The smallest absolute Gasteiger partial charge is 0.230 e. The van der Waals surface area contributed by atoms with Crippen LogP contribution >= 0.6 is 11.8 Å². The Hall–Kier alpha value is -1.55. The molecule has 1 amide bonds. The summed E-state index contributed by atoms with van der Waals surface area (Å²) >= 11 is 1.50. The van der Waals surface area contributed by atoms with Gasteiger partial charge in [-0.25, -0.2) is 4.98 Å². The number of thioether (sulfide) groups is 1. The number of fused-ring (bicyclic) bond motifs is 1. The summed E-state index contributed by atoms with van der Waals surface area (Å²) < 4.78 is 0.